The molecule has 0 aromatic heterocycles. The lowest BCUT2D eigenvalue weighted by atomic mass is 9.44. The first kappa shape index (κ1) is 29.3. The summed E-state index contributed by atoms with van der Waals surface area (Å²) < 4.78 is 24.8. The molecule has 6 rings (SSSR count). The van der Waals surface area contributed by atoms with Gasteiger partial charge in [-0.3, -0.25) is 4.79 Å². The lowest BCUT2D eigenvalue weighted by molar-refractivity contribution is -0.489. The maximum Gasteiger partial charge on any atom is 0.305 e. The second-order valence-electron chi connectivity index (χ2n) is 14.6. The molecule has 0 N–H and O–H groups in total. The third-order valence-electron chi connectivity index (χ3n) is 12.9. The number of hydrogen-bond donors (Lipinski definition) is 0. The third-order valence-corrected chi connectivity index (χ3v) is 12.9. The minimum Gasteiger partial charge on any atom is -0.469 e. The molecule has 4 aliphatic carbocycles. The van der Waals surface area contributed by atoms with Crippen LogP contribution in [0.3, 0.4) is 0 Å². The molecule has 6 heteroatoms. The van der Waals surface area contributed by atoms with Crippen LogP contribution in [0.1, 0.15) is 97.0 Å². The van der Waals surface area contributed by atoms with Crippen molar-refractivity contribution in [1.82, 2.24) is 0 Å². The average Bonchev–Trinajstić information content (AvgIpc) is 3.34. The standard InChI is InChI=1S/C35H49FO5/c1-22(6-15-32(37)38-5)28-13-14-29-27-12-9-25-20-35(19-18-33(25,3)30(27)16-17-34(28,29)4)39-21-31(40-41-35)23(2)24-7-10-26(36)11-8-24/h7-8,10-11,22,25,27-31H,2,6,9,12-21H2,1,3-5H3/t22-,25-,27+,28-,29+,30+,31?,33+,34-,35?/m1/s1. The van der Waals surface area contributed by atoms with Gasteiger partial charge in [-0.05, 0) is 121 Å². The van der Waals surface area contributed by atoms with Crippen molar-refractivity contribution in [3.8, 4) is 0 Å². The number of carbonyl (C=O) groups excluding carboxylic acids is 1. The van der Waals surface area contributed by atoms with Gasteiger partial charge in [0.1, 0.15) is 11.9 Å². The fraction of sp³-hybridized carbons (Fsp3) is 0.743. The van der Waals surface area contributed by atoms with Gasteiger partial charge in [-0.15, -0.1) is 0 Å². The Morgan fingerprint density at radius 2 is 1.80 bits per heavy atom. The third kappa shape index (κ3) is 5.10. The molecule has 1 aromatic carbocycles. The number of esters is 1. The molecule has 0 amide bonds. The highest BCUT2D eigenvalue weighted by Crippen LogP contribution is 2.69. The summed E-state index contributed by atoms with van der Waals surface area (Å²) in [5.74, 6) is 3.17. The van der Waals surface area contributed by atoms with Crippen LogP contribution < -0.4 is 0 Å². The number of benzene rings is 1. The van der Waals surface area contributed by atoms with Crippen LogP contribution in [-0.4, -0.2) is 31.6 Å². The predicted octanol–water partition coefficient (Wildman–Crippen LogP) is 8.13. The van der Waals surface area contributed by atoms with Gasteiger partial charge in [0.2, 0.25) is 5.79 Å². The van der Waals surface area contributed by atoms with E-state index in [2.05, 4.69) is 27.4 Å². The number of halogens is 1. The molecule has 0 bridgehead atoms. The Bertz CT molecular complexity index is 1130. The van der Waals surface area contributed by atoms with E-state index in [1.165, 1.54) is 57.8 Å². The van der Waals surface area contributed by atoms with E-state index in [0.717, 1.165) is 54.6 Å². The first-order valence-corrected chi connectivity index (χ1v) is 16.1. The van der Waals surface area contributed by atoms with Gasteiger partial charge >= 0.3 is 5.97 Å². The summed E-state index contributed by atoms with van der Waals surface area (Å²) in [6, 6.07) is 6.33. The maximum absolute atomic E-state index is 13.4. The smallest absolute Gasteiger partial charge is 0.305 e. The van der Waals surface area contributed by atoms with E-state index < -0.39 is 11.9 Å². The SMILES string of the molecule is C=C(c1ccc(F)cc1)C1COC2(CC[C@@]3(C)[C@H](CC[C@@H]4[C@@H]3CC[C@]3(C)[C@@H]([C@H](C)CCC(=O)OC)CC[C@@H]43)C2)OO1. The molecule has 10 atom stereocenters. The molecular weight excluding hydrogens is 519 g/mol. The average molecular weight is 569 g/mol. The molecule has 1 heterocycles. The second-order valence-corrected chi connectivity index (χ2v) is 14.6. The summed E-state index contributed by atoms with van der Waals surface area (Å²) in [6.45, 7) is 12.1. The lowest BCUT2D eigenvalue weighted by Crippen LogP contribution is -2.58. The zero-order chi connectivity index (χ0) is 29.0. The van der Waals surface area contributed by atoms with E-state index in [1.54, 1.807) is 12.1 Å². The van der Waals surface area contributed by atoms with E-state index >= 15 is 0 Å². The highest BCUT2D eigenvalue weighted by atomic mass is 19.1. The molecular formula is C35H49FO5. The molecule has 41 heavy (non-hydrogen) atoms. The van der Waals surface area contributed by atoms with E-state index in [4.69, 9.17) is 19.2 Å². The lowest BCUT2D eigenvalue weighted by Gasteiger charge is -2.62. The molecule has 0 radical (unpaired) electrons. The number of fused-ring (bicyclic) bond motifs is 5. The molecule has 226 valence electrons. The Hall–Kier alpha value is -1.76. The maximum atomic E-state index is 13.4. The number of hydrogen-bond acceptors (Lipinski definition) is 5. The highest BCUT2D eigenvalue weighted by molar-refractivity contribution is 5.69. The summed E-state index contributed by atoms with van der Waals surface area (Å²) in [7, 11) is 1.49. The van der Waals surface area contributed by atoms with Crippen LogP contribution in [0.5, 0.6) is 0 Å². The van der Waals surface area contributed by atoms with Crippen molar-refractivity contribution in [1.29, 1.82) is 0 Å². The second kappa shape index (κ2) is 11.1. The predicted molar refractivity (Wildman–Crippen MR) is 156 cm³/mol. The van der Waals surface area contributed by atoms with Crippen molar-refractivity contribution < 1.29 is 28.4 Å². The van der Waals surface area contributed by atoms with Crippen molar-refractivity contribution in [3.05, 3.63) is 42.2 Å². The molecule has 5 fully saturated rings. The molecule has 4 saturated carbocycles. The fourth-order valence-corrected chi connectivity index (χ4v) is 10.5. The minimum absolute atomic E-state index is 0.0776. The fourth-order valence-electron chi connectivity index (χ4n) is 10.5. The van der Waals surface area contributed by atoms with Gasteiger partial charge in [0.25, 0.3) is 0 Å². The summed E-state index contributed by atoms with van der Waals surface area (Å²) in [5, 5.41) is 0. The van der Waals surface area contributed by atoms with E-state index in [1.807, 2.05) is 0 Å². The summed E-state index contributed by atoms with van der Waals surface area (Å²) >= 11 is 0. The Kier molecular flexibility index (Phi) is 7.91. The summed E-state index contributed by atoms with van der Waals surface area (Å²) in [6.07, 6.45) is 11.7. The van der Waals surface area contributed by atoms with Crippen molar-refractivity contribution in [3.63, 3.8) is 0 Å². The molecule has 1 aromatic rings. The minimum atomic E-state index is -0.673. The highest BCUT2D eigenvalue weighted by Gasteiger charge is 2.62. The topological polar surface area (TPSA) is 54.0 Å². The Balaban J connectivity index is 1.09. The van der Waals surface area contributed by atoms with Gasteiger partial charge in [-0.1, -0.05) is 39.5 Å². The van der Waals surface area contributed by atoms with Crippen LogP contribution in [0.25, 0.3) is 5.57 Å². The Morgan fingerprint density at radius 3 is 2.51 bits per heavy atom. The van der Waals surface area contributed by atoms with Crippen LogP contribution in [0.4, 0.5) is 4.39 Å². The first-order valence-electron chi connectivity index (χ1n) is 16.1. The van der Waals surface area contributed by atoms with Crippen LogP contribution in [0.15, 0.2) is 30.8 Å². The largest absolute Gasteiger partial charge is 0.469 e. The quantitative estimate of drug-likeness (QED) is 0.256. The van der Waals surface area contributed by atoms with Crippen molar-refractivity contribution in [2.24, 2.45) is 46.3 Å². The van der Waals surface area contributed by atoms with Crippen LogP contribution in [0, 0.1) is 52.2 Å². The number of carbonyl (C=O) groups is 1. The Morgan fingerprint density at radius 1 is 1.05 bits per heavy atom. The van der Waals surface area contributed by atoms with Gasteiger partial charge in [-0.2, -0.15) is 0 Å². The summed E-state index contributed by atoms with van der Waals surface area (Å²) in [5.41, 5.74) is 2.29. The molecule has 1 spiro atoms. The zero-order valence-electron chi connectivity index (χ0n) is 25.5. The number of methoxy groups -OCH3 is 1. The van der Waals surface area contributed by atoms with Crippen molar-refractivity contribution in [2.45, 2.75) is 103 Å². The normalized spacial score (nSPS) is 42.6. The van der Waals surface area contributed by atoms with Gasteiger partial charge in [0, 0.05) is 19.3 Å². The van der Waals surface area contributed by atoms with Gasteiger partial charge < -0.3 is 9.47 Å². The van der Waals surface area contributed by atoms with Crippen LogP contribution >= 0.6 is 0 Å². The molecule has 1 saturated heterocycles. The van der Waals surface area contributed by atoms with Crippen molar-refractivity contribution in [2.75, 3.05) is 13.7 Å². The monoisotopic (exact) mass is 568 g/mol. The van der Waals surface area contributed by atoms with Gasteiger partial charge in [0.05, 0.1) is 13.7 Å². The molecule has 1 aliphatic heterocycles. The van der Waals surface area contributed by atoms with E-state index in [-0.39, 0.29) is 11.8 Å². The molecule has 5 nitrogen and oxygen atoms in total. The zero-order valence-corrected chi connectivity index (χ0v) is 25.5. The number of ether oxygens (including phenoxy) is 2. The summed E-state index contributed by atoms with van der Waals surface area (Å²) in [4.78, 5) is 23.8. The Labute approximate surface area is 245 Å². The van der Waals surface area contributed by atoms with E-state index in [0.29, 0.717) is 41.6 Å². The van der Waals surface area contributed by atoms with Gasteiger partial charge in [-0.25, -0.2) is 14.2 Å². The van der Waals surface area contributed by atoms with Crippen LogP contribution in [0.2, 0.25) is 0 Å². The number of rotatable bonds is 6. The molecule has 2 unspecified atom stereocenters. The van der Waals surface area contributed by atoms with Gasteiger partial charge in [0.15, 0.2) is 0 Å². The van der Waals surface area contributed by atoms with E-state index in [9.17, 15) is 9.18 Å². The van der Waals surface area contributed by atoms with Crippen molar-refractivity contribution >= 4 is 11.5 Å². The first-order chi connectivity index (χ1) is 19.6. The van der Waals surface area contributed by atoms with Crippen LogP contribution in [-0.2, 0) is 24.0 Å². The molecule has 5 aliphatic rings.